The first-order valence-corrected chi connectivity index (χ1v) is 9.96. The minimum atomic E-state index is -3.80. The van der Waals surface area contributed by atoms with Crippen LogP contribution in [0.25, 0.3) is 0 Å². The van der Waals surface area contributed by atoms with Gasteiger partial charge in [-0.05, 0) is 48.5 Å². The second kappa shape index (κ2) is 8.14. The van der Waals surface area contributed by atoms with Crippen molar-refractivity contribution in [2.24, 2.45) is 0 Å². The summed E-state index contributed by atoms with van der Waals surface area (Å²) in [4.78, 5) is 12.4. The van der Waals surface area contributed by atoms with Crippen LogP contribution >= 0.6 is 0 Å². The van der Waals surface area contributed by atoms with Crippen LogP contribution in [0.15, 0.2) is 83.8 Å². The standard InChI is InChI=1S/C21H20N2O4S/c1-23(19-10-6-7-11-20(19)27-2)28(25,26)18-14-12-16(13-15-18)21(24)22-17-8-4-3-5-9-17/h3-15H,1-2H3,(H,22,24). The van der Waals surface area contributed by atoms with E-state index < -0.39 is 10.0 Å². The van der Waals surface area contributed by atoms with Crippen molar-refractivity contribution >= 4 is 27.3 Å². The molecule has 0 fully saturated rings. The largest absolute Gasteiger partial charge is 0.495 e. The van der Waals surface area contributed by atoms with Crippen molar-refractivity contribution in [2.45, 2.75) is 4.90 Å². The summed E-state index contributed by atoms with van der Waals surface area (Å²) in [5.74, 6) is 0.140. The summed E-state index contributed by atoms with van der Waals surface area (Å²) in [6.07, 6.45) is 0. The number of hydrogen-bond donors (Lipinski definition) is 1. The summed E-state index contributed by atoms with van der Waals surface area (Å²) in [6, 6.07) is 21.7. The highest BCUT2D eigenvalue weighted by Crippen LogP contribution is 2.30. The molecular formula is C21H20N2O4S. The second-order valence-corrected chi connectivity index (χ2v) is 7.96. The van der Waals surface area contributed by atoms with Crippen molar-refractivity contribution in [3.63, 3.8) is 0 Å². The van der Waals surface area contributed by atoms with E-state index in [-0.39, 0.29) is 10.8 Å². The molecule has 0 aromatic heterocycles. The van der Waals surface area contributed by atoms with Crippen LogP contribution in [-0.2, 0) is 10.0 Å². The van der Waals surface area contributed by atoms with Gasteiger partial charge < -0.3 is 10.1 Å². The number of para-hydroxylation sites is 3. The lowest BCUT2D eigenvalue weighted by atomic mass is 10.2. The molecule has 3 aromatic carbocycles. The highest BCUT2D eigenvalue weighted by molar-refractivity contribution is 7.92. The van der Waals surface area contributed by atoms with Gasteiger partial charge in [0.1, 0.15) is 5.75 Å². The Morgan fingerprint density at radius 3 is 2.14 bits per heavy atom. The predicted octanol–water partition coefficient (Wildman–Crippen LogP) is 3.77. The molecule has 1 amide bonds. The van der Waals surface area contributed by atoms with Crippen LogP contribution in [0.3, 0.4) is 0 Å². The average molecular weight is 396 g/mol. The number of benzene rings is 3. The maximum absolute atomic E-state index is 12.9. The van der Waals surface area contributed by atoms with Gasteiger partial charge in [-0.3, -0.25) is 9.10 Å². The number of carbonyl (C=O) groups is 1. The fourth-order valence-electron chi connectivity index (χ4n) is 2.68. The van der Waals surface area contributed by atoms with Crippen molar-refractivity contribution < 1.29 is 17.9 Å². The molecule has 0 saturated heterocycles. The van der Waals surface area contributed by atoms with Crippen LogP contribution < -0.4 is 14.4 Å². The number of nitrogens with one attached hydrogen (secondary N) is 1. The fraction of sp³-hybridized carbons (Fsp3) is 0.0952. The molecule has 0 radical (unpaired) electrons. The summed E-state index contributed by atoms with van der Waals surface area (Å²) < 4.78 is 32.3. The third-order valence-electron chi connectivity index (χ3n) is 4.23. The first-order chi connectivity index (χ1) is 13.4. The number of anilines is 2. The van der Waals surface area contributed by atoms with E-state index in [0.29, 0.717) is 22.7 Å². The first-order valence-electron chi connectivity index (χ1n) is 8.52. The van der Waals surface area contributed by atoms with Gasteiger partial charge in [0.05, 0.1) is 17.7 Å². The molecule has 28 heavy (non-hydrogen) atoms. The molecule has 0 aliphatic heterocycles. The van der Waals surface area contributed by atoms with Gasteiger partial charge in [0.2, 0.25) is 0 Å². The number of amides is 1. The molecule has 0 atom stereocenters. The van der Waals surface area contributed by atoms with Gasteiger partial charge in [-0.2, -0.15) is 0 Å². The molecule has 0 aliphatic carbocycles. The topological polar surface area (TPSA) is 75.7 Å². The highest BCUT2D eigenvalue weighted by Gasteiger charge is 2.23. The Labute approximate surface area is 164 Å². The van der Waals surface area contributed by atoms with Crippen LogP contribution in [0.4, 0.5) is 11.4 Å². The van der Waals surface area contributed by atoms with Crippen molar-refractivity contribution in [2.75, 3.05) is 23.8 Å². The molecule has 7 heteroatoms. The summed E-state index contributed by atoms with van der Waals surface area (Å²) in [5.41, 5.74) is 1.46. The zero-order chi connectivity index (χ0) is 20.1. The van der Waals surface area contributed by atoms with Gasteiger partial charge in [0.25, 0.3) is 15.9 Å². The SMILES string of the molecule is COc1ccccc1N(C)S(=O)(=O)c1ccc(C(=O)Nc2ccccc2)cc1. The molecule has 6 nitrogen and oxygen atoms in total. The van der Waals surface area contributed by atoms with Gasteiger partial charge in [0.15, 0.2) is 0 Å². The van der Waals surface area contributed by atoms with Gasteiger partial charge in [-0.1, -0.05) is 30.3 Å². The molecular weight excluding hydrogens is 376 g/mol. The molecule has 0 spiro atoms. The lowest BCUT2D eigenvalue weighted by Crippen LogP contribution is -2.27. The number of sulfonamides is 1. The Hall–Kier alpha value is -3.32. The summed E-state index contributed by atoms with van der Waals surface area (Å²) in [6.45, 7) is 0. The Balaban J connectivity index is 1.82. The van der Waals surface area contributed by atoms with Crippen LogP contribution in [0.1, 0.15) is 10.4 Å². The quantitative estimate of drug-likeness (QED) is 0.688. The van der Waals surface area contributed by atoms with E-state index in [1.165, 1.54) is 38.4 Å². The normalized spacial score (nSPS) is 10.9. The second-order valence-electron chi connectivity index (χ2n) is 5.99. The van der Waals surface area contributed by atoms with Crippen LogP contribution in [0, 0.1) is 0 Å². The molecule has 0 unspecified atom stereocenters. The highest BCUT2D eigenvalue weighted by atomic mass is 32.2. The number of methoxy groups -OCH3 is 1. The summed E-state index contributed by atoms with van der Waals surface area (Å²) in [7, 11) is -0.857. The lowest BCUT2D eigenvalue weighted by Gasteiger charge is -2.21. The zero-order valence-corrected chi connectivity index (χ0v) is 16.3. The lowest BCUT2D eigenvalue weighted by molar-refractivity contribution is 0.102. The molecule has 0 bridgehead atoms. The Morgan fingerprint density at radius 2 is 1.50 bits per heavy atom. The molecule has 0 aliphatic rings. The monoisotopic (exact) mass is 396 g/mol. The van der Waals surface area contributed by atoms with E-state index in [9.17, 15) is 13.2 Å². The van der Waals surface area contributed by atoms with E-state index >= 15 is 0 Å². The van der Waals surface area contributed by atoms with E-state index in [2.05, 4.69) is 5.32 Å². The van der Waals surface area contributed by atoms with E-state index in [1.54, 1.807) is 36.4 Å². The van der Waals surface area contributed by atoms with Gasteiger partial charge in [0, 0.05) is 18.3 Å². The van der Waals surface area contributed by atoms with Gasteiger partial charge in [-0.25, -0.2) is 8.42 Å². The molecule has 3 rings (SSSR count). The molecule has 3 aromatic rings. The van der Waals surface area contributed by atoms with E-state index in [0.717, 1.165) is 4.31 Å². The van der Waals surface area contributed by atoms with Crippen molar-refractivity contribution in [1.29, 1.82) is 0 Å². The average Bonchev–Trinajstić information content (AvgIpc) is 2.74. The number of carbonyl (C=O) groups excluding carboxylic acids is 1. The first kappa shape index (κ1) is 19.4. The molecule has 1 N–H and O–H groups in total. The van der Waals surface area contributed by atoms with E-state index in [1.807, 2.05) is 18.2 Å². The maximum Gasteiger partial charge on any atom is 0.264 e. The fourth-order valence-corrected chi connectivity index (χ4v) is 3.89. The van der Waals surface area contributed by atoms with Gasteiger partial charge >= 0.3 is 0 Å². The van der Waals surface area contributed by atoms with Crippen LogP contribution in [0.2, 0.25) is 0 Å². The number of hydrogen-bond acceptors (Lipinski definition) is 4. The number of nitrogens with zero attached hydrogens (tertiary/aromatic N) is 1. The van der Waals surface area contributed by atoms with Crippen LogP contribution in [-0.4, -0.2) is 28.5 Å². The minimum Gasteiger partial charge on any atom is -0.495 e. The number of rotatable bonds is 6. The van der Waals surface area contributed by atoms with Crippen molar-refractivity contribution in [1.82, 2.24) is 0 Å². The van der Waals surface area contributed by atoms with Crippen molar-refractivity contribution in [3.8, 4) is 5.75 Å². The summed E-state index contributed by atoms with van der Waals surface area (Å²) >= 11 is 0. The van der Waals surface area contributed by atoms with Crippen molar-refractivity contribution in [3.05, 3.63) is 84.4 Å². The molecule has 0 saturated carbocycles. The van der Waals surface area contributed by atoms with E-state index in [4.69, 9.17) is 4.74 Å². The number of ether oxygens (including phenoxy) is 1. The third kappa shape index (κ3) is 3.99. The third-order valence-corrected chi connectivity index (χ3v) is 6.02. The Bertz CT molecular complexity index is 1070. The van der Waals surface area contributed by atoms with Crippen LogP contribution in [0.5, 0.6) is 5.75 Å². The Morgan fingerprint density at radius 1 is 0.893 bits per heavy atom. The van der Waals surface area contributed by atoms with Gasteiger partial charge in [-0.15, -0.1) is 0 Å². The maximum atomic E-state index is 12.9. The predicted molar refractivity (Wildman–Crippen MR) is 109 cm³/mol. The minimum absolute atomic E-state index is 0.0807. The molecule has 0 heterocycles. The molecule has 144 valence electrons. The Kier molecular flexibility index (Phi) is 5.65. The summed E-state index contributed by atoms with van der Waals surface area (Å²) in [5, 5.41) is 2.76. The zero-order valence-electron chi connectivity index (χ0n) is 15.5. The smallest absolute Gasteiger partial charge is 0.264 e.